The van der Waals surface area contributed by atoms with Crippen LogP contribution in [0.1, 0.15) is 0 Å². The number of hydrogen-bond acceptors (Lipinski definition) is 4. The number of nitrogens with two attached hydrogens (primary N) is 1. The Bertz CT molecular complexity index is 197. The van der Waals surface area contributed by atoms with E-state index in [-0.39, 0.29) is 0 Å². The molecule has 10 heavy (non-hydrogen) atoms. The number of nitrogens with zero attached hydrogens (tertiary/aromatic N) is 3. The van der Waals surface area contributed by atoms with Gasteiger partial charge in [0.15, 0.2) is 0 Å². The number of anilines is 1. The van der Waals surface area contributed by atoms with Crippen molar-refractivity contribution in [3.05, 3.63) is 6.20 Å². The lowest BCUT2D eigenvalue weighted by molar-refractivity contribution is 0.183. The number of nitrogen functional groups attached to an aromatic ring is 1. The fraction of sp³-hybridized carbons (Fsp3) is 0.600. The first kappa shape index (κ1) is 7.01. The lowest BCUT2D eigenvalue weighted by Gasteiger charge is -1.99. The number of methoxy groups -OCH3 is 1. The number of rotatable bonds is 3. The summed E-state index contributed by atoms with van der Waals surface area (Å²) in [7, 11) is 1.63. The van der Waals surface area contributed by atoms with Crippen molar-refractivity contribution in [2.75, 3.05) is 19.5 Å². The molecule has 56 valence electrons. The van der Waals surface area contributed by atoms with Gasteiger partial charge in [0, 0.05) is 7.11 Å². The lowest BCUT2D eigenvalue weighted by Crippen LogP contribution is -2.08. The van der Waals surface area contributed by atoms with Crippen LogP contribution >= 0.6 is 0 Å². The van der Waals surface area contributed by atoms with E-state index in [1.807, 2.05) is 0 Å². The van der Waals surface area contributed by atoms with Crippen molar-refractivity contribution in [1.29, 1.82) is 0 Å². The summed E-state index contributed by atoms with van der Waals surface area (Å²) in [4.78, 5) is 0. The van der Waals surface area contributed by atoms with Crippen LogP contribution in [0.3, 0.4) is 0 Å². The maximum atomic E-state index is 5.46. The molecule has 1 heterocycles. The molecule has 1 rings (SSSR count). The maximum absolute atomic E-state index is 5.46. The zero-order chi connectivity index (χ0) is 7.40. The highest BCUT2D eigenvalue weighted by atomic mass is 16.5. The van der Waals surface area contributed by atoms with Crippen molar-refractivity contribution in [1.82, 2.24) is 15.0 Å². The molecule has 0 bridgehead atoms. The van der Waals surface area contributed by atoms with Gasteiger partial charge in [0.05, 0.1) is 19.3 Å². The van der Waals surface area contributed by atoms with E-state index >= 15 is 0 Å². The van der Waals surface area contributed by atoms with Gasteiger partial charge < -0.3 is 10.5 Å². The van der Waals surface area contributed by atoms with Gasteiger partial charge in [-0.05, 0) is 0 Å². The minimum Gasteiger partial charge on any atom is -0.383 e. The zero-order valence-corrected chi connectivity index (χ0v) is 5.82. The first-order valence-corrected chi connectivity index (χ1v) is 2.97. The summed E-state index contributed by atoms with van der Waals surface area (Å²) >= 11 is 0. The quantitative estimate of drug-likeness (QED) is 0.618. The fourth-order valence-electron chi connectivity index (χ4n) is 0.617. The van der Waals surface area contributed by atoms with Gasteiger partial charge in [-0.2, -0.15) is 0 Å². The van der Waals surface area contributed by atoms with Crippen LogP contribution in [0.4, 0.5) is 5.82 Å². The summed E-state index contributed by atoms with van der Waals surface area (Å²) in [5, 5.41) is 7.32. The largest absolute Gasteiger partial charge is 0.383 e. The Morgan fingerprint density at radius 2 is 2.60 bits per heavy atom. The summed E-state index contributed by atoms with van der Waals surface area (Å²) in [5.74, 6) is 0.567. The summed E-state index contributed by atoms with van der Waals surface area (Å²) < 4.78 is 6.41. The lowest BCUT2D eigenvalue weighted by atomic mass is 10.6. The zero-order valence-electron chi connectivity index (χ0n) is 5.82. The standard InChI is InChI=1S/C5H10N4O/c1-10-3-2-9-5(6)4-7-8-9/h4H,2-3,6H2,1H3. The molecular weight excluding hydrogens is 132 g/mol. The second kappa shape index (κ2) is 3.17. The Kier molecular flexibility index (Phi) is 2.22. The number of hydrogen-bond donors (Lipinski definition) is 1. The predicted molar refractivity (Wildman–Crippen MR) is 36.3 cm³/mol. The molecule has 5 nitrogen and oxygen atoms in total. The van der Waals surface area contributed by atoms with E-state index in [0.29, 0.717) is 19.0 Å². The third-order valence-corrected chi connectivity index (χ3v) is 1.15. The summed E-state index contributed by atoms with van der Waals surface area (Å²) in [6.07, 6.45) is 1.51. The van der Waals surface area contributed by atoms with E-state index in [4.69, 9.17) is 10.5 Å². The van der Waals surface area contributed by atoms with Gasteiger partial charge in [0.25, 0.3) is 0 Å². The van der Waals surface area contributed by atoms with Crippen molar-refractivity contribution >= 4 is 5.82 Å². The highest BCUT2D eigenvalue weighted by Gasteiger charge is 1.95. The number of aromatic nitrogens is 3. The molecule has 2 N–H and O–H groups in total. The topological polar surface area (TPSA) is 66.0 Å². The van der Waals surface area contributed by atoms with Crippen LogP contribution in [0.25, 0.3) is 0 Å². The highest BCUT2D eigenvalue weighted by molar-refractivity contribution is 5.21. The maximum Gasteiger partial charge on any atom is 0.142 e. The number of ether oxygens (including phenoxy) is 1. The molecule has 1 aromatic rings. The molecule has 0 amide bonds. The molecule has 0 saturated heterocycles. The Hall–Kier alpha value is -1.10. The van der Waals surface area contributed by atoms with Crippen LogP contribution < -0.4 is 5.73 Å². The van der Waals surface area contributed by atoms with E-state index in [2.05, 4.69) is 10.3 Å². The third-order valence-electron chi connectivity index (χ3n) is 1.15. The molecule has 0 saturated carbocycles. The normalized spacial score (nSPS) is 10.1. The van der Waals surface area contributed by atoms with Gasteiger partial charge >= 0.3 is 0 Å². The molecule has 0 radical (unpaired) electrons. The molecule has 0 atom stereocenters. The highest BCUT2D eigenvalue weighted by Crippen LogP contribution is 1.94. The van der Waals surface area contributed by atoms with Crippen LogP contribution in [-0.2, 0) is 11.3 Å². The van der Waals surface area contributed by atoms with Crippen molar-refractivity contribution < 1.29 is 4.74 Å². The molecule has 1 aromatic heterocycles. The molecular formula is C5H10N4O. The van der Waals surface area contributed by atoms with Gasteiger partial charge in [-0.1, -0.05) is 5.21 Å². The molecule has 0 aliphatic heterocycles. The van der Waals surface area contributed by atoms with Gasteiger partial charge in [0.2, 0.25) is 0 Å². The minimum atomic E-state index is 0.567. The van der Waals surface area contributed by atoms with Crippen molar-refractivity contribution in [2.24, 2.45) is 0 Å². The van der Waals surface area contributed by atoms with Gasteiger partial charge in [0.1, 0.15) is 5.82 Å². The molecule has 0 unspecified atom stereocenters. The molecule has 5 heteroatoms. The molecule has 0 aliphatic rings. The van der Waals surface area contributed by atoms with E-state index in [1.165, 1.54) is 6.20 Å². The summed E-state index contributed by atoms with van der Waals surface area (Å²) in [6.45, 7) is 1.26. The second-order valence-corrected chi connectivity index (χ2v) is 1.87. The van der Waals surface area contributed by atoms with Gasteiger partial charge in [-0.3, -0.25) is 0 Å². The van der Waals surface area contributed by atoms with Gasteiger partial charge in [-0.25, -0.2) is 4.68 Å². The van der Waals surface area contributed by atoms with Gasteiger partial charge in [-0.15, -0.1) is 5.10 Å². The van der Waals surface area contributed by atoms with E-state index in [1.54, 1.807) is 11.8 Å². The van der Waals surface area contributed by atoms with Crippen LogP contribution in [0, 0.1) is 0 Å². The Balaban J connectivity index is 2.49. The minimum absolute atomic E-state index is 0.567. The van der Waals surface area contributed by atoms with E-state index in [9.17, 15) is 0 Å². The van der Waals surface area contributed by atoms with Crippen molar-refractivity contribution in [2.45, 2.75) is 6.54 Å². The third kappa shape index (κ3) is 1.44. The van der Waals surface area contributed by atoms with Crippen LogP contribution in [0.5, 0.6) is 0 Å². The van der Waals surface area contributed by atoms with Crippen molar-refractivity contribution in [3.8, 4) is 0 Å². The summed E-state index contributed by atoms with van der Waals surface area (Å²) in [6, 6.07) is 0. The van der Waals surface area contributed by atoms with Crippen LogP contribution in [0.15, 0.2) is 6.20 Å². The fourth-order valence-corrected chi connectivity index (χ4v) is 0.617. The monoisotopic (exact) mass is 142 g/mol. The first-order chi connectivity index (χ1) is 4.84. The van der Waals surface area contributed by atoms with Crippen LogP contribution in [-0.4, -0.2) is 28.7 Å². The second-order valence-electron chi connectivity index (χ2n) is 1.87. The Labute approximate surface area is 58.8 Å². The predicted octanol–water partition coefficient (Wildman–Crippen LogP) is -0.493. The average molecular weight is 142 g/mol. The van der Waals surface area contributed by atoms with Crippen molar-refractivity contribution in [3.63, 3.8) is 0 Å². The molecule has 0 spiro atoms. The Morgan fingerprint density at radius 1 is 1.80 bits per heavy atom. The SMILES string of the molecule is COCCn1nncc1N. The van der Waals surface area contributed by atoms with E-state index < -0.39 is 0 Å². The average Bonchev–Trinajstić information content (AvgIpc) is 2.31. The molecule has 0 aliphatic carbocycles. The summed E-state index contributed by atoms with van der Waals surface area (Å²) in [5.41, 5.74) is 5.46. The first-order valence-electron chi connectivity index (χ1n) is 2.97. The van der Waals surface area contributed by atoms with E-state index in [0.717, 1.165) is 0 Å². The van der Waals surface area contributed by atoms with Crippen LogP contribution in [0.2, 0.25) is 0 Å². The molecule has 0 fully saturated rings. The smallest absolute Gasteiger partial charge is 0.142 e. The molecule has 0 aromatic carbocycles. The Morgan fingerprint density at radius 3 is 3.10 bits per heavy atom.